The second-order valence-corrected chi connectivity index (χ2v) is 7.82. The summed E-state index contributed by atoms with van der Waals surface area (Å²) >= 11 is 0. The number of rotatable bonds is 10. The summed E-state index contributed by atoms with van der Waals surface area (Å²) in [4.78, 5) is 35.6. The van der Waals surface area contributed by atoms with E-state index in [0.717, 1.165) is 12.0 Å². The Balaban J connectivity index is 1.62. The van der Waals surface area contributed by atoms with Crippen molar-refractivity contribution in [1.82, 2.24) is 36.3 Å². The van der Waals surface area contributed by atoms with Crippen molar-refractivity contribution in [2.24, 2.45) is 0 Å². The molecule has 1 aromatic heterocycles. The van der Waals surface area contributed by atoms with Gasteiger partial charge in [-0.1, -0.05) is 30.3 Å². The van der Waals surface area contributed by atoms with E-state index >= 15 is 0 Å². The Hall–Kier alpha value is -3.63. The van der Waals surface area contributed by atoms with Crippen LogP contribution in [0, 0.1) is 6.54 Å². The van der Waals surface area contributed by atoms with Crippen LogP contribution in [0.5, 0.6) is 0 Å². The third kappa shape index (κ3) is 9.45. The summed E-state index contributed by atoms with van der Waals surface area (Å²) < 4.78 is 5.11. The Kier molecular flexibility index (Phi) is 9.45. The fourth-order valence-electron chi connectivity index (χ4n) is 2.38. The maximum atomic E-state index is 12.1. The molecule has 0 bridgehead atoms. The summed E-state index contributed by atoms with van der Waals surface area (Å²) in [5.74, 6) is -1.50. The van der Waals surface area contributed by atoms with Crippen molar-refractivity contribution in [3.8, 4) is 0 Å². The molecule has 32 heavy (non-hydrogen) atoms. The van der Waals surface area contributed by atoms with Gasteiger partial charge < -0.3 is 20.7 Å². The van der Waals surface area contributed by atoms with Gasteiger partial charge >= 0.3 is 6.09 Å². The highest BCUT2D eigenvalue weighted by Crippen LogP contribution is 2.07. The Bertz CT molecular complexity index is 883. The van der Waals surface area contributed by atoms with E-state index < -0.39 is 23.5 Å². The van der Waals surface area contributed by atoms with Gasteiger partial charge in [0.1, 0.15) is 5.60 Å². The van der Waals surface area contributed by atoms with Gasteiger partial charge in [0.15, 0.2) is 0 Å². The van der Waals surface area contributed by atoms with E-state index in [-0.39, 0.29) is 11.6 Å². The van der Waals surface area contributed by atoms with Crippen molar-refractivity contribution in [3.63, 3.8) is 0 Å². The van der Waals surface area contributed by atoms with Crippen LogP contribution in [0.1, 0.15) is 66.8 Å². The van der Waals surface area contributed by atoms with Crippen LogP contribution in [0.4, 0.5) is 4.79 Å². The van der Waals surface area contributed by atoms with Crippen molar-refractivity contribution in [2.45, 2.75) is 52.2 Å². The van der Waals surface area contributed by atoms with E-state index in [0.29, 0.717) is 25.9 Å². The molecule has 0 saturated carbocycles. The number of carbonyl (C=O) groups excluding carboxylic acids is 3. The number of amides is 3. The lowest BCUT2D eigenvalue weighted by molar-refractivity contribution is 0.0541. The van der Waals surface area contributed by atoms with Gasteiger partial charge in [-0.3, -0.25) is 9.59 Å². The molecule has 1 heterocycles. The highest BCUT2D eigenvalue weighted by Gasteiger charge is 2.16. The number of unbranched alkanes of at least 4 members (excludes halogenated alkanes) is 2. The maximum absolute atomic E-state index is 12.1. The van der Waals surface area contributed by atoms with Crippen LogP contribution in [0.3, 0.4) is 0 Å². The van der Waals surface area contributed by atoms with Crippen molar-refractivity contribution in [1.29, 1.82) is 0 Å². The smallest absolute Gasteiger partial charge is 0.407 e. The van der Waals surface area contributed by atoms with Gasteiger partial charge in [-0.25, -0.2) is 4.79 Å². The van der Waals surface area contributed by atoms with E-state index in [1.54, 1.807) is 27.3 Å². The predicted octanol–water partition coefficient (Wildman–Crippen LogP) is 1.78. The average molecular weight is 443 g/mol. The fraction of sp³-hybridized carbons (Fsp3) is 0.429. The van der Waals surface area contributed by atoms with Gasteiger partial charge in [-0.2, -0.15) is 0 Å². The van der Waals surface area contributed by atoms with Gasteiger partial charge in [0, 0.05) is 13.1 Å². The normalized spacial score (nSPS) is 10.8. The van der Waals surface area contributed by atoms with E-state index in [4.69, 9.17) is 4.74 Å². The van der Waals surface area contributed by atoms with Crippen LogP contribution in [-0.2, 0) is 11.3 Å². The molecule has 171 valence electrons. The monoisotopic (exact) mass is 442 g/mol. The second kappa shape index (κ2) is 12.3. The molecule has 0 aliphatic carbocycles. The first-order valence-corrected chi connectivity index (χ1v) is 10.2. The molecule has 2 aromatic rings. The number of alkyl carbamates (subject to hydrolysis) is 1. The molecule has 1 aromatic carbocycles. The number of hydrogen-bond donors (Lipinski definition) is 3. The Labute approximate surface area is 186 Å². The summed E-state index contributed by atoms with van der Waals surface area (Å²) in [5.41, 5.74) is 0.383. The number of aromatic nitrogens is 4. The van der Waals surface area contributed by atoms with Gasteiger partial charge in [0.05, 0.1) is 6.54 Å². The number of hydrogen-bond acceptors (Lipinski definition) is 8. The SMILES string of the molecule is CC(C)(C)OC(=O)N[CH]CCCCNC(=O)c1nnc(C(=O)NCc2ccccc2)nn1. The lowest BCUT2D eigenvalue weighted by Gasteiger charge is -2.19. The van der Waals surface area contributed by atoms with E-state index in [2.05, 4.69) is 36.3 Å². The van der Waals surface area contributed by atoms with Crippen molar-refractivity contribution >= 4 is 17.9 Å². The Morgan fingerprint density at radius 3 is 2.09 bits per heavy atom. The summed E-state index contributed by atoms with van der Waals surface area (Å²) in [6, 6.07) is 9.37. The molecule has 0 saturated heterocycles. The lowest BCUT2D eigenvalue weighted by Crippen LogP contribution is -2.31. The topological polar surface area (TPSA) is 148 Å². The minimum atomic E-state index is -0.543. The molecule has 0 atom stereocenters. The number of nitrogens with zero attached hydrogens (tertiary/aromatic N) is 4. The van der Waals surface area contributed by atoms with Crippen molar-refractivity contribution in [2.75, 3.05) is 6.54 Å². The zero-order valence-electron chi connectivity index (χ0n) is 18.4. The molecule has 0 unspecified atom stereocenters. The molecular weight excluding hydrogens is 414 g/mol. The molecule has 1 radical (unpaired) electrons. The summed E-state index contributed by atoms with van der Waals surface area (Å²) in [7, 11) is 0. The molecule has 0 aliphatic heterocycles. The summed E-state index contributed by atoms with van der Waals surface area (Å²) in [5, 5.41) is 22.5. The Morgan fingerprint density at radius 2 is 1.50 bits per heavy atom. The third-order valence-corrected chi connectivity index (χ3v) is 3.86. The fourth-order valence-corrected chi connectivity index (χ4v) is 2.38. The first-order chi connectivity index (χ1) is 15.2. The standard InChI is InChI=1S/C21H28N7O4/c1-21(2,3)32-20(31)23-13-9-5-8-12-22-18(29)16-25-27-17(28-26-16)19(30)24-14-15-10-6-4-7-11-15/h4,6-7,10-11,13H,5,8-9,12,14H2,1-3H3,(H,22,29)(H,23,31)(H,24,30). The lowest BCUT2D eigenvalue weighted by atomic mass is 10.2. The van der Waals surface area contributed by atoms with E-state index in [1.165, 1.54) is 0 Å². The van der Waals surface area contributed by atoms with Crippen molar-refractivity contribution < 1.29 is 19.1 Å². The van der Waals surface area contributed by atoms with Crippen LogP contribution in [0.2, 0.25) is 0 Å². The minimum Gasteiger partial charge on any atom is -0.444 e. The number of benzene rings is 1. The van der Waals surface area contributed by atoms with Crippen molar-refractivity contribution in [3.05, 3.63) is 54.1 Å². The number of nitrogens with one attached hydrogen (secondary N) is 3. The van der Waals surface area contributed by atoms with Crippen LogP contribution >= 0.6 is 0 Å². The highest BCUT2D eigenvalue weighted by atomic mass is 16.6. The van der Waals surface area contributed by atoms with Crippen LogP contribution in [0.25, 0.3) is 0 Å². The third-order valence-electron chi connectivity index (χ3n) is 3.86. The van der Waals surface area contributed by atoms with E-state index in [9.17, 15) is 14.4 Å². The molecular formula is C21H28N7O4. The highest BCUT2D eigenvalue weighted by molar-refractivity contribution is 5.91. The van der Waals surface area contributed by atoms with Gasteiger partial charge in [0.2, 0.25) is 0 Å². The van der Waals surface area contributed by atoms with Gasteiger partial charge in [0.25, 0.3) is 23.5 Å². The molecule has 2 rings (SSSR count). The molecule has 11 heteroatoms. The zero-order chi connectivity index (χ0) is 23.4. The molecule has 0 fully saturated rings. The first kappa shape index (κ1) is 24.6. The average Bonchev–Trinajstić information content (AvgIpc) is 2.76. The molecule has 3 N–H and O–H groups in total. The van der Waals surface area contributed by atoms with Gasteiger partial charge in [-0.15, -0.1) is 20.4 Å². The summed E-state index contributed by atoms with van der Waals surface area (Å²) in [6.07, 6.45) is 1.55. The van der Waals surface area contributed by atoms with Crippen LogP contribution in [-0.4, -0.2) is 50.4 Å². The first-order valence-electron chi connectivity index (χ1n) is 10.2. The van der Waals surface area contributed by atoms with E-state index in [1.807, 2.05) is 30.3 Å². The molecule has 0 aliphatic rings. The molecule has 3 amide bonds. The van der Waals surface area contributed by atoms with Crippen LogP contribution in [0.15, 0.2) is 30.3 Å². The second-order valence-electron chi connectivity index (χ2n) is 7.82. The number of ether oxygens (including phenoxy) is 1. The Morgan fingerprint density at radius 1 is 0.906 bits per heavy atom. The quantitative estimate of drug-likeness (QED) is 0.472. The minimum absolute atomic E-state index is 0.217. The largest absolute Gasteiger partial charge is 0.444 e. The molecule has 0 spiro atoms. The molecule has 11 nitrogen and oxygen atoms in total. The van der Waals surface area contributed by atoms with Crippen LogP contribution < -0.4 is 16.0 Å². The number of carbonyl (C=O) groups is 3. The van der Waals surface area contributed by atoms with Gasteiger partial charge in [-0.05, 0) is 45.6 Å². The zero-order valence-corrected chi connectivity index (χ0v) is 18.4. The predicted molar refractivity (Wildman–Crippen MR) is 115 cm³/mol. The summed E-state index contributed by atoms with van der Waals surface area (Å²) in [6.45, 7) is 7.70. The maximum Gasteiger partial charge on any atom is 0.407 e.